The molecule has 0 saturated carbocycles. The number of urea groups is 1. The highest BCUT2D eigenvalue weighted by Crippen LogP contribution is 2.18. The van der Waals surface area contributed by atoms with E-state index in [2.05, 4.69) is 10.6 Å². The third kappa shape index (κ3) is 5.04. The molecule has 1 aromatic rings. The van der Waals surface area contributed by atoms with Gasteiger partial charge in [-0.05, 0) is 25.5 Å². The minimum Gasteiger partial charge on any atom is -0.383 e. The van der Waals surface area contributed by atoms with Crippen molar-refractivity contribution in [3.05, 3.63) is 21.9 Å². The number of carbonyl (C=O) groups is 3. The minimum atomic E-state index is -0.695. The number of hydrogen-bond donors (Lipinski definition) is 2. The van der Waals surface area contributed by atoms with E-state index in [1.807, 2.05) is 19.1 Å². The molecule has 126 valence electrons. The van der Waals surface area contributed by atoms with Crippen LogP contribution in [0.4, 0.5) is 4.79 Å². The van der Waals surface area contributed by atoms with E-state index in [1.165, 1.54) is 4.88 Å². The fourth-order valence-electron chi connectivity index (χ4n) is 2.36. The molecule has 0 bridgehead atoms. The van der Waals surface area contributed by atoms with E-state index >= 15 is 0 Å². The lowest BCUT2D eigenvalue weighted by Gasteiger charge is -2.26. The second kappa shape index (κ2) is 8.07. The van der Waals surface area contributed by atoms with Crippen molar-refractivity contribution in [1.29, 1.82) is 0 Å². The largest absolute Gasteiger partial charge is 0.383 e. The number of aryl methyl sites for hydroxylation is 1. The number of hydrogen-bond acceptors (Lipinski definition) is 5. The highest BCUT2D eigenvalue weighted by molar-refractivity contribution is 7.11. The average Bonchev–Trinajstić information content (AvgIpc) is 2.83. The fourth-order valence-corrected chi connectivity index (χ4v) is 3.27. The summed E-state index contributed by atoms with van der Waals surface area (Å²) in [5.74, 6) is -0.562. The Morgan fingerprint density at radius 2 is 2.22 bits per heavy atom. The predicted octanol–water partition coefficient (Wildman–Crippen LogP) is 1.02. The number of methoxy groups -OCH3 is 1. The Balaban J connectivity index is 2.08. The van der Waals surface area contributed by atoms with Crippen molar-refractivity contribution in [3.8, 4) is 0 Å². The van der Waals surface area contributed by atoms with E-state index in [0.717, 1.165) is 4.88 Å². The highest BCUT2D eigenvalue weighted by atomic mass is 32.1. The van der Waals surface area contributed by atoms with Gasteiger partial charge < -0.3 is 15.0 Å². The second-order valence-corrected chi connectivity index (χ2v) is 6.75. The van der Waals surface area contributed by atoms with Gasteiger partial charge in [-0.25, -0.2) is 4.79 Å². The van der Waals surface area contributed by atoms with Gasteiger partial charge in [0.25, 0.3) is 0 Å². The summed E-state index contributed by atoms with van der Waals surface area (Å²) < 4.78 is 5.07. The first-order chi connectivity index (χ1) is 11.0. The van der Waals surface area contributed by atoms with Gasteiger partial charge in [0.1, 0.15) is 6.04 Å². The molecule has 4 amide bonds. The van der Waals surface area contributed by atoms with Gasteiger partial charge in [-0.2, -0.15) is 0 Å². The standard InChI is InChI=1S/C15H21N3O4S/c1-10-3-4-11(23-10)9-18(7-8-22-2)14(20)12-5-6-13(19)17-15(21)16-12/h3-4,12H,5-9H2,1-2H3,(H2,16,17,19,21)/t12-/m1/s1. The van der Waals surface area contributed by atoms with E-state index < -0.39 is 12.1 Å². The molecule has 1 atom stereocenters. The van der Waals surface area contributed by atoms with Crippen LogP contribution >= 0.6 is 11.3 Å². The third-order valence-corrected chi connectivity index (χ3v) is 4.52. The molecular weight excluding hydrogens is 318 g/mol. The lowest BCUT2D eigenvalue weighted by Crippen LogP contribution is -2.50. The molecule has 1 fully saturated rings. The van der Waals surface area contributed by atoms with Crippen LogP contribution in [0.1, 0.15) is 22.6 Å². The van der Waals surface area contributed by atoms with Crippen LogP contribution in [0.5, 0.6) is 0 Å². The average molecular weight is 339 g/mol. The van der Waals surface area contributed by atoms with Crippen molar-refractivity contribution in [2.24, 2.45) is 0 Å². The summed E-state index contributed by atoms with van der Waals surface area (Å²) in [5.41, 5.74) is 0. The van der Waals surface area contributed by atoms with Gasteiger partial charge in [-0.15, -0.1) is 11.3 Å². The molecule has 0 aliphatic carbocycles. The summed E-state index contributed by atoms with van der Waals surface area (Å²) >= 11 is 1.63. The zero-order chi connectivity index (χ0) is 16.8. The molecule has 0 spiro atoms. The van der Waals surface area contributed by atoms with E-state index in [-0.39, 0.29) is 18.2 Å². The van der Waals surface area contributed by atoms with Gasteiger partial charge >= 0.3 is 6.03 Å². The number of rotatable bonds is 6. The Morgan fingerprint density at radius 1 is 1.43 bits per heavy atom. The van der Waals surface area contributed by atoms with Gasteiger partial charge in [0.05, 0.1) is 13.2 Å². The van der Waals surface area contributed by atoms with E-state index in [4.69, 9.17) is 4.74 Å². The molecule has 1 aliphatic rings. The summed E-state index contributed by atoms with van der Waals surface area (Å²) in [6, 6.07) is 2.68. The number of amides is 4. The van der Waals surface area contributed by atoms with Gasteiger partial charge in [0.2, 0.25) is 11.8 Å². The Kier molecular flexibility index (Phi) is 6.12. The van der Waals surface area contributed by atoms with Crippen molar-refractivity contribution < 1.29 is 19.1 Å². The highest BCUT2D eigenvalue weighted by Gasteiger charge is 2.29. The van der Waals surface area contributed by atoms with Crippen LogP contribution in [0.3, 0.4) is 0 Å². The van der Waals surface area contributed by atoms with Crippen LogP contribution in [0.25, 0.3) is 0 Å². The molecule has 1 aliphatic heterocycles. The van der Waals surface area contributed by atoms with Crippen molar-refractivity contribution in [2.45, 2.75) is 32.4 Å². The molecule has 1 saturated heterocycles. The van der Waals surface area contributed by atoms with E-state index in [1.54, 1.807) is 23.3 Å². The normalized spacial score (nSPS) is 18.1. The van der Waals surface area contributed by atoms with Crippen molar-refractivity contribution in [3.63, 3.8) is 0 Å². The topological polar surface area (TPSA) is 87.7 Å². The third-order valence-electron chi connectivity index (χ3n) is 3.54. The lowest BCUT2D eigenvalue weighted by molar-refractivity contribution is -0.134. The first kappa shape index (κ1) is 17.4. The van der Waals surface area contributed by atoms with Gasteiger partial charge in [-0.1, -0.05) is 0 Å². The minimum absolute atomic E-state index is 0.144. The second-order valence-electron chi connectivity index (χ2n) is 5.38. The smallest absolute Gasteiger partial charge is 0.322 e. The maximum absolute atomic E-state index is 12.7. The van der Waals surface area contributed by atoms with Crippen molar-refractivity contribution in [2.75, 3.05) is 20.3 Å². The lowest BCUT2D eigenvalue weighted by atomic mass is 10.1. The van der Waals surface area contributed by atoms with E-state index in [9.17, 15) is 14.4 Å². The van der Waals surface area contributed by atoms with Crippen LogP contribution in [0.2, 0.25) is 0 Å². The van der Waals surface area contributed by atoms with E-state index in [0.29, 0.717) is 26.1 Å². The monoisotopic (exact) mass is 339 g/mol. The molecule has 8 heteroatoms. The molecule has 0 unspecified atom stereocenters. The Bertz CT molecular complexity index is 587. The van der Waals surface area contributed by atoms with Gasteiger partial charge in [0.15, 0.2) is 0 Å². The number of nitrogens with zero attached hydrogens (tertiary/aromatic N) is 1. The van der Waals surface area contributed by atoms with Crippen LogP contribution < -0.4 is 10.6 Å². The fraction of sp³-hybridized carbons (Fsp3) is 0.533. The molecule has 7 nitrogen and oxygen atoms in total. The summed E-state index contributed by atoms with van der Waals surface area (Å²) in [7, 11) is 1.58. The molecule has 0 aromatic carbocycles. The number of thiophene rings is 1. The van der Waals surface area contributed by atoms with Crippen molar-refractivity contribution in [1.82, 2.24) is 15.5 Å². The molecular formula is C15H21N3O4S. The Hall–Kier alpha value is -1.93. The summed E-state index contributed by atoms with van der Waals surface area (Å²) in [6.07, 6.45) is 0.439. The van der Waals surface area contributed by atoms with Crippen LogP contribution in [0.15, 0.2) is 12.1 Å². The quantitative estimate of drug-likeness (QED) is 0.810. The number of ether oxygens (including phenoxy) is 1. The predicted molar refractivity (Wildman–Crippen MR) is 86.0 cm³/mol. The Morgan fingerprint density at radius 3 is 2.87 bits per heavy atom. The SMILES string of the molecule is COCCN(Cc1ccc(C)s1)C(=O)[C@H]1CCC(=O)NC(=O)N1. The molecule has 2 N–H and O–H groups in total. The van der Waals surface area contributed by atoms with Gasteiger partial charge in [-0.3, -0.25) is 14.9 Å². The van der Waals surface area contributed by atoms with Crippen LogP contribution in [-0.4, -0.2) is 49.0 Å². The summed E-state index contributed by atoms with van der Waals surface area (Å²) in [4.78, 5) is 39.6. The maximum atomic E-state index is 12.7. The number of nitrogens with one attached hydrogen (secondary N) is 2. The van der Waals surface area contributed by atoms with Crippen LogP contribution in [-0.2, 0) is 20.9 Å². The van der Waals surface area contributed by atoms with Crippen molar-refractivity contribution >= 4 is 29.2 Å². The number of imide groups is 1. The first-order valence-electron chi connectivity index (χ1n) is 7.43. The molecule has 0 radical (unpaired) electrons. The summed E-state index contributed by atoms with van der Waals surface area (Å²) in [5, 5.41) is 4.74. The zero-order valence-corrected chi connectivity index (χ0v) is 14.1. The molecule has 23 heavy (non-hydrogen) atoms. The Labute approximate surface area is 139 Å². The molecule has 2 rings (SSSR count). The zero-order valence-electron chi connectivity index (χ0n) is 13.3. The van der Waals surface area contributed by atoms with Gasteiger partial charge in [0, 0.05) is 29.8 Å². The number of carbonyl (C=O) groups excluding carboxylic acids is 3. The maximum Gasteiger partial charge on any atom is 0.322 e. The first-order valence-corrected chi connectivity index (χ1v) is 8.24. The van der Waals surface area contributed by atoms with Crippen LogP contribution in [0, 0.1) is 6.92 Å². The molecule has 1 aromatic heterocycles. The summed E-state index contributed by atoms with van der Waals surface area (Å²) in [6.45, 7) is 3.32. The molecule has 2 heterocycles.